The number of hydrogen-bond acceptors (Lipinski definition) is 3. The van der Waals surface area contributed by atoms with Crippen LogP contribution >= 0.6 is 15.8 Å². The summed E-state index contributed by atoms with van der Waals surface area (Å²) in [7, 11) is -3.41. The molecule has 2 unspecified atom stereocenters. The van der Waals surface area contributed by atoms with E-state index in [1.807, 2.05) is 48.5 Å². The molecule has 9 heteroatoms. The van der Waals surface area contributed by atoms with Gasteiger partial charge in [-0.25, -0.2) is 0 Å². The fourth-order valence-electron chi connectivity index (χ4n) is 10.1. The van der Waals surface area contributed by atoms with Gasteiger partial charge in [0.1, 0.15) is 0 Å². The summed E-state index contributed by atoms with van der Waals surface area (Å²) in [5, 5.41) is 0.942. The standard InChI is InChI=1S/C27H52P2.C12H10N.C5H10.CH4O3S.Fe.Pd/c1-21(29(26(2,3)4)27(5,6)7)24-19-14-20-25(24)28(22-15-10-8-11-16-22)23-17-12-9-13-18-23;13-12-9-5-4-8-11(12)10-6-2-1-3-7-10;1-2-4-5-3-1;1-5(2,3)4;;/h21-25H,8-20H2,1-7H3;1-6,8-9H,13H2;1-5H2;1H3,(H,2,3,4);;/q;-1;;;;/t21-,24?,25?;;;;;/m0...../s1. The summed E-state index contributed by atoms with van der Waals surface area (Å²) >= 11 is 0. The zero-order valence-corrected chi connectivity index (χ0v) is 40.3. The van der Waals surface area contributed by atoms with E-state index in [-0.39, 0.29) is 53.3 Å². The van der Waals surface area contributed by atoms with Crippen LogP contribution in [-0.4, -0.2) is 52.2 Å². The molecule has 4 nitrogen and oxygen atoms in total. The van der Waals surface area contributed by atoms with Crippen LogP contribution in [0.3, 0.4) is 0 Å². The molecule has 0 saturated heterocycles. The largest absolute Gasteiger partial charge is 0.406 e. The second-order valence-electron chi connectivity index (χ2n) is 18.0. The maximum absolute atomic E-state index is 9.19. The van der Waals surface area contributed by atoms with Gasteiger partial charge in [0.05, 0.1) is 6.26 Å². The van der Waals surface area contributed by atoms with Crippen LogP contribution in [0.5, 0.6) is 0 Å². The average molecular weight is 935 g/mol. The number of anilines is 1. The Morgan fingerprint density at radius 3 is 1.54 bits per heavy atom. The van der Waals surface area contributed by atoms with Gasteiger partial charge in [0.15, 0.2) is 0 Å². The van der Waals surface area contributed by atoms with Crippen LogP contribution in [0.1, 0.15) is 164 Å². The van der Waals surface area contributed by atoms with Crippen molar-refractivity contribution in [2.75, 3.05) is 12.0 Å². The van der Waals surface area contributed by atoms with E-state index in [9.17, 15) is 8.42 Å². The summed E-state index contributed by atoms with van der Waals surface area (Å²) in [6, 6.07) is 18.8. The summed E-state index contributed by atoms with van der Waals surface area (Å²) in [6.07, 6.45) is 28.5. The minimum absolute atomic E-state index is 0. The molecule has 4 aliphatic rings. The van der Waals surface area contributed by atoms with Crippen molar-refractivity contribution < 1.29 is 50.5 Å². The smallest absolute Gasteiger partial charge is 0.261 e. The Morgan fingerprint density at radius 2 is 1.13 bits per heavy atom. The van der Waals surface area contributed by atoms with Gasteiger partial charge >= 0.3 is 0 Å². The molecule has 3 N–H and O–H groups in total. The van der Waals surface area contributed by atoms with Crippen LogP contribution in [0.2, 0.25) is 0 Å². The molecule has 6 rings (SSSR count). The predicted molar refractivity (Wildman–Crippen MR) is 233 cm³/mol. The van der Waals surface area contributed by atoms with Gasteiger partial charge in [-0.05, 0) is 89.1 Å². The first-order valence-electron chi connectivity index (χ1n) is 20.8. The molecule has 0 spiro atoms. The second kappa shape index (κ2) is 25.6. The van der Waals surface area contributed by atoms with Gasteiger partial charge in [0.25, 0.3) is 10.1 Å². The van der Waals surface area contributed by atoms with Crippen molar-refractivity contribution in [3.05, 3.63) is 54.6 Å². The van der Waals surface area contributed by atoms with Crippen molar-refractivity contribution in [3.8, 4) is 11.1 Å². The van der Waals surface area contributed by atoms with E-state index in [0.717, 1.165) is 45.4 Å². The average Bonchev–Trinajstić information content (AvgIpc) is 3.82. The summed E-state index contributed by atoms with van der Waals surface area (Å²) in [6.45, 7) is 18.0. The quantitative estimate of drug-likeness (QED) is 0.0994. The third-order valence-electron chi connectivity index (χ3n) is 11.6. The summed E-state index contributed by atoms with van der Waals surface area (Å²) in [5.41, 5.74) is 13.0. The summed E-state index contributed by atoms with van der Waals surface area (Å²) in [5.74, 6) is 1.04. The van der Waals surface area contributed by atoms with E-state index in [1.54, 1.807) is 64.2 Å². The molecule has 0 aliphatic heterocycles. The first kappa shape index (κ1) is 52.2. The minimum Gasteiger partial charge on any atom is -0.406 e. The molecule has 0 heterocycles. The van der Waals surface area contributed by atoms with Gasteiger partial charge in [0.2, 0.25) is 0 Å². The molecule has 0 amide bonds. The normalized spacial score (nSPS) is 21.6. The molecule has 4 aliphatic carbocycles. The Kier molecular flexibility index (Phi) is 24.8. The van der Waals surface area contributed by atoms with Crippen LogP contribution < -0.4 is 5.73 Å². The first-order chi connectivity index (χ1) is 24.5. The van der Waals surface area contributed by atoms with Crippen LogP contribution in [0.4, 0.5) is 5.69 Å². The summed E-state index contributed by atoms with van der Waals surface area (Å²) in [4.78, 5) is 0. The Balaban J connectivity index is 0.000000477. The van der Waals surface area contributed by atoms with Crippen LogP contribution in [0.15, 0.2) is 48.5 Å². The van der Waals surface area contributed by atoms with Gasteiger partial charge in [-0.3, -0.25) is 4.55 Å². The summed E-state index contributed by atoms with van der Waals surface area (Å²) < 4.78 is 25.9. The Morgan fingerprint density at radius 1 is 0.704 bits per heavy atom. The molecule has 0 radical (unpaired) electrons. The van der Waals surface area contributed by atoms with E-state index >= 15 is 0 Å². The first-order valence-corrected chi connectivity index (χ1v) is 25.6. The van der Waals surface area contributed by atoms with Crippen molar-refractivity contribution in [2.45, 2.75) is 197 Å². The molecule has 4 saturated carbocycles. The Bertz CT molecular complexity index is 1340. The minimum atomic E-state index is -3.67. The molecule has 2 aromatic rings. The van der Waals surface area contributed by atoms with Gasteiger partial charge in [0, 0.05) is 37.5 Å². The number of rotatable bonds is 6. The van der Waals surface area contributed by atoms with E-state index in [1.165, 1.54) is 51.4 Å². The molecule has 0 bridgehead atoms. The maximum Gasteiger partial charge on any atom is 0.261 e. The molecule has 54 heavy (non-hydrogen) atoms. The van der Waals surface area contributed by atoms with Crippen molar-refractivity contribution in [3.63, 3.8) is 0 Å². The number of nitrogen functional groups attached to an aromatic ring is 1. The molecular weight excluding hydrogens is 859 g/mol. The number of nitrogens with two attached hydrogens (primary N) is 1. The van der Waals surface area contributed by atoms with E-state index in [4.69, 9.17) is 10.3 Å². The molecule has 314 valence electrons. The monoisotopic (exact) mass is 934 g/mol. The van der Waals surface area contributed by atoms with Crippen molar-refractivity contribution >= 4 is 31.6 Å². The van der Waals surface area contributed by atoms with Crippen molar-refractivity contribution in [2.24, 2.45) is 5.92 Å². The Hall–Kier alpha value is 0.192. The number of para-hydroxylation sites is 1. The SMILES string of the molecule is C1CCCC1.CS(=O)(=O)O.C[C@@H](C1CCCC1P(C1CCCCC1)C1CCCCC1)P(C(C)(C)C)C(C)(C)C.Nc1ccccc1-c1[c-]cccc1.[Fe].[Pd]. The topological polar surface area (TPSA) is 80.4 Å². The number of benzene rings is 2. The zero-order valence-electron chi connectivity index (χ0n) is 35.0. The van der Waals surface area contributed by atoms with Gasteiger partial charge in [-0.2, -0.15) is 8.42 Å². The molecule has 0 aromatic heterocycles. The second-order valence-corrected chi connectivity index (χ2v) is 26.7. The van der Waals surface area contributed by atoms with Crippen molar-refractivity contribution in [1.29, 1.82) is 0 Å². The maximum atomic E-state index is 9.19. The Labute approximate surface area is 360 Å². The third kappa shape index (κ3) is 18.4. The number of hydrogen-bond donors (Lipinski definition) is 2. The van der Waals surface area contributed by atoms with Gasteiger partial charge < -0.3 is 5.73 Å². The van der Waals surface area contributed by atoms with Crippen molar-refractivity contribution in [1.82, 2.24) is 0 Å². The van der Waals surface area contributed by atoms with Crippen LogP contribution in [0.25, 0.3) is 11.1 Å². The van der Waals surface area contributed by atoms with E-state index < -0.39 is 10.1 Å². The third-order valence-corrected chi connectivity index (χ3v) is 19.8. The van der Waals surface area contributed by atoms with E-state index in [2.05, 4.69) is 54.5 Å². The van der Waals surface area contributed by atoms with Gasteiger partial charge in [-0.15, -0.1) is 35.9 Å². The molecule has 3 atom stereocenters. The van der Waals surface area contributed by atoms with Crippen LogP contribution in [0, 0.1) is 12.0 Å². The van der Waals surface area contributed by atoms with Crippen LogP contribution in [-0.2, 0) is 47.6 Å². The molecule has 2 aromatic carbocycles. The zero-order chi connectivity index (χ0) is 38.4. The fraction of sp³-hybridized carbons (Fsp3) is 0.733. The van der Waals surface area contributed by atoms with Gasteiger partial charge in [-0.1, -0.05) is 165 Å². The fourth-order valence-corrected chi connectivity index (χ4v) is 20.4. The molecule has 4 fully saturated rings. The predicted octanol–water partition coefficient (Wildman–Crippen LogP) is 14.0. The van der Waals surface area contributed by atoms with E-state index in [0.29, 0.717) is 16.6 Å². The molecular formula is C45H76FeNO3P2PdS-.